The molecule has 1 heterocycles. The van der Waals surface area contributed by atoms with Crippen molar-refractivity contribution in [3.63, 3.8) is 0 Å². The Hall–Kier alpha value is -2.53. The number of ether oxygens (including phenoxy) is 3. The molecule has 1 amide bonds. The van der Waals surface area contributed by atoms with Gasteiger partial charge in [0.05, 0.1) is 13.2 Å². The van der Waals surface area contributed by atoms with E-state index in [0.717, 1.165) is 24.3 Å². The molecule has 0 bridgehead atoms. The molecule has 0 radical (unpaired) electrons. The van der Waals surface area contributed by atoms with E-state index in [-0.39, 0.29) is 12.0 Å². The largest absolute Gasteiger partial charge is 0.486 e. The van der Waals surface area contributed by atoms with Crippen LogP contribution < -0.4 is 9.47 Å². The summed E-state index contributed by atoms with van der Waals surface area (Å²) in [6.45, 7) is 2.25. The highest BCUT2D eigenvalue weighted by Crippen LogP contribution is 2.30. The van der Waals surface area contributed by atoms with E-state index in [4.69, 9.17) is 14.2 Å². The molecule has 5 nitrogen and oxygen atoms in total. The summed E-state index contributed by atoms with van der Waals surface area (Å²) in [6, 6.07) is 17.9. The average Bonchev–Trinajstić information content (AvgIpc) is 2.71. The second kappa shape index (κ2) is 9.97. The van der Waals surface area contributed by atoms with Gasteiger partial charge >= 0.3 is 0 Å². The van der Waals surface area contributed by atoms with E-state index in [0.29, 0.717) is 32.8 Å². The van der Waals surface area contributed by atoms with Crippen molar-refractivity contribution in [1.29, 1.82) is 0 Å². The van der Waals surface area contributed by atoms with Crippen LogP contribution in [0, 0.1) is 0 Å². The van der Waals surface area contributed by atoms with Crippen molar-refractivity contribution in [3.8, 4) is 11.5 Å². The van der Waals surface area contributed by atoms with Gasteiger partial charge in [0.25, 0.3) is 0 Å². The molecule has 0 saturated carbocycles. The Kier molecular flexibility index (Phi) is 7.11. The van der Waals surface area contributed by atoms with Gasteiger partial charge in [-0.15, -0.1) is 0 Å². The fraction of sp³-hybridized carbons (Fsp3) is 0.409. The summed E-state index contributed by atoms with van der Waals surface area (Å²) in [6.07, 6.45) is 1.96. The standard InChI is InChI=1S/C22H27NO4/c1-23(16-19-17-26-20-10-5-6-11-21(20)27-19)22(24)12-7-14-25-15-13-18-8-3-2-4-9-18/h2-6,8-11,19H,7,12-17H2,1H3. The number of hydrogen-bond donors (Lipinski definition) is 0. The summed E-state index contributed by atoms with van der Waals surface area (Å²) in [5.74, 6) is 1.60. The second-order valence-electron chi connectivity index (χ2n) is 6.72. The van der Waals surface area contributed by atoms with E-state index in [1.165, 1.54) is 5.56 Å². The zero-order valence-corrected chi connectivity index (χ0v) is 15.8. The number of carbonyl (C=O) groups is 1. The van der Waals surface area contributed by atoms with Crippen molar-refractivity contribution in [2.45, 2.75) is 25.4 Å². The van der Waals surface area contributed by atoms with Crippen molar-refractivity contribution in [2.24, 2.45) is 0 Å². The minimum atomic E-state index is -0.143. The van der Waals surface area contributed by atoms with Crippen LogP contribution in [0.2, 0.25) is 0 Å². The first kappa shape index (κ1) is 19.2. The number of rotatable bonds is 9. The maximum atomic E-state index is 12.3. The lowest BCUT2D eigenvalue weighted by Gasteiger charge is -2.29. The average molecular weight is 369 g/mol. The van der Waals surface area contributed by atoms with Crippen molar-refractivity contribution in [2.75, 3.05) is 33.4 Å². The topological polar surface area (TPSA) is 48.0 Å². The molecule has 0 saturated heterocycles. The van der Waals surface area contributed by atoms with Crippen LogP contribution in [0.3, 0.4) is 0 Å². The van der Waals surface area contributed by atoms with Crippen molar-refractivity contribution >= 4 is 5.91 Å². The minimum Gasteiger partial charge on any atom is -0.486 e. The molecular formula is C22H27NO4. The molecule has 5 heteroatoms. The van der Waals surface area contributed by atoms with E-state index in [2.05, 4.69) is 12.1 Å². The number of carbonyl (C=O) groups excluding carboxylic acids is 1. The van der Waals surface area contributed by atoms with Gasteiger partial charge in [0, 0.05) is 20.1 Å². The van der Waals surface area contributed by atoms with Crippen LogP contribution in [0.5, 0.6) is 11.5 Å². The molecule has 0 aromatic heterocycles. The Morgan fingerprint density at radius 2 is 1.81 bits per heavy atom. The molecule has 0 N–H and O–H groups in total. The van der Waals surface area contributed by atoms with Crippen LogP contribution in [0.1, 0.15) is 18.4 Å². The molecule has 1 unspecified atom stereocenters. The molecule has 0 fully saturated rings. The van der Waals surface area contributed by atoms with Crippen LogP contribution in [-0.4, -0.2) is 50.3 Å². The summed E-state index contributed by atoms with van der Waals surface area (Å²) in [4.78, 5) is 14.0. The molecule has 1 aliphatic rings. The monoisotopic (exact) mass is 369 g/mol. The third-order valence-electron chi connectivity index (χ3n) is 4.53. The molecule has 0 spiro atoms. The third-order valence-corrected chi connectivity index (χ3v) is 4.53. The van der Waals surface area contributed by atoms with Gasteiger partial charge in [-0.2, -0.15) is 0 Å². The maximum absolute atomic E-state index is 12.3. The van der Waals surface area contributed by atoms with Crippen LogP contribution >= 0.6 is 0 Å². The fourth-order valence-electron chi connectivity index (χ4n) is 3.01. The van der Waals surface area contributed by atoms with Gasteiger partial charge in [-0.1, -0.05) is 42.5 Å². The predicted molar refractivity (Wildman–Crippen MR) is 104 cm³/mol. The van der Waals surface area contributed by atoms with Gasteiger partial charge in [0.1, 0.15) is 6.61 Å². The van der Waals surface area contributed by atoms with E-state index in [9.17, 15) is 4.79 Å². The molecular weight excluding hydrogens is 342 g/mol. The Balaban J connectivity index is 1.29. The van der Waals surface area contributed by atoms with E-state index < -0.39 is 0 Å². The van der Waals surface area contributed by atoms with Gasteiger partial charge in [0.15, 0.2) is 17.6 Å². The van der Waals surface area contributed by atoms with Crippen LogP contribution in [-0.2, 0) is 16.0 Å². The van der Waals surface area contributed by atoms with Gasteiger partial charge in [-0.05, 0) is 30.5 Å². The number of para-hydroxylation sites is 2. The summed E-state index contributed by atoms with van der Waals surface area (Å²) in [5, 5.41) is 0. The highest BCUT2D eigenvalue weighted by molar-refractivity contribution is 5.75. The second-order valence-corrected chi connectivity index (χ2v) is 6.72. The lowest BCUT2D eigenvalue weighted by Crippen LogP contribution is -2.41. The number of nitrogens with zero attached hydrogens (tertiary/aromatic N) is 1. The molecule has 2 aromatic rings. The van der Waals surface area contributed by atoms with Crippen molar-refractivity contribution in [1.82, 2.24) is 4.90 Å². The Morgan fingerprint density at radius 1 is 1.07 bits per heavy atom. The van der Waals surface area contributed by atoms with Crippen LogP contribution in [0.25, 0.3) is 0 Å². The number of fused-ring (bicyclic) bond motifs is 1. The summed E-state index contributed by atoms with van der Waals surface area (Å²) >= 11 is 0. The number of amides is 1. The maximum Gasteiger partial charge on any atom is 0.222 e. The molecule has 1 atom stereocenters. The Bertz CT molecular complexity index is 719. The molecule has 0 aliphatic carbocycles. The quantitative estimate of drug-likeness (QED) is 0.636. The van der Waals surface area contributed by atoms with Crippen LogP contribution in [0.4, 0.5) is 0 Å². The van der Waals surface area contributed by atoms with E-state index >= 15 is 0 Å². The minimum absolute atomic E-state index is 0.101. The number of benzene rings is 2. The lowest BCUT2D eigenvalue weighted by atomic mass is 10.2. The highest BCUT2D eigenvalue weighted by Gasteiger charge is 2.23. The number of hydrogen-bond acceptors (Lipinski definition) is 4. The lowest BCUT2D eigenvalue weighted by molar-refractivity contribution is -0.131. The van der Waals surface area contributed by atoms with Gasteiger partial charge < -0.3 is 19.1 Å². The third kappa shape index (κ3) is 6.00. The molecule has 144 valence electrons. The zero-order chi connectivity index (χ0) is 18.9. The summed E-state index contributed by atoms with van der Waals surface area (Å²) in [7, 11) is 1.81. The number of likely N-dealkylation sites (N-methyl/N-ethyl adjacent to an activating group) is 1. The first-order valence-corrected chi connectivity index (χ1v) is 9.46. The summed E-state index contributed by atoms with van der Waals surface area (Å²) < 4.78 is 17.2. The Labute approximate surface area is 160 Å². The fourth-order valence-corrected chi connectivity index (χ4v) is 3.01. The van der Waals surface area contributed by atoms with Crippen molar-refractivity contribution < 1.29 is 19.0 Å². The predicted octanol–water partition coefficient (Wildman–Crippen LogP) is 3.32. The highest BCUT2D eigenvalue weighted by atomic mass is 16.6. The molecule has 1 aliphatic heterocycles. The summed E-state index contributed by atoms with van der Waals surface area (Å²) in [5.41, 5.74) is 1.27. The van der Waals surface area contributed by atoms with Gasteiger partial charge in [-0.25, -0.2) is 0 Å². The van der Waals surface area contributed by atoms with E-state index in [1.807, 2.05) is 49.5 Å². The molecule has 3 rings (SSSR count). The van der Waals surface area contributed by atoms with E-state index in [1.54, 1.807) is 4.90 Å². The smallest absolute Gasteiger partial charge is 0.222 e. The Morgan fingerprint density at radius 3 is 2.63 bits per heavy atom. The first-order chi connectivity index (χ1) is 13.2. The zero-order valence-electron chi connectivity index (χ0n) is 15.8. The van der Waals surface area contributed by atoms with Gasteiger partial charge in [-0.3, -0.25) is 4.79 Å². The van der Waals surface area contributed by atoms with Gasteiger partial charge in [0.2, 0.25) is 5.91 Å². The van der Waals surface area contributed by atoms with Crippen molar-refractivity contribution in [3.05, 3.63) is 60.2 Å². The normalized spacial score (nSPS) is 15.4. The first-order valence-electron chi connectivity index (χ1n) is 9.46. The molecule has 2 aromatic carbocycles. The van der Waals surface area contributed by atoms with Crippen LogP contribution in [0.15, 0.2) is 54.6 Å². The molecule has 27 heavy (non-hydrogen) atoms. The SMILES string of the molecule is CN(CC1COc2ccccc2O1)C(=O)CCCOCCc1ccccc1.